The zero-order valence-corrected chi connectivity index (χ0v) is 48.3. The summed E-state index contributed by atoms with van der Waals surface area (Å²) in [6, 6.07) is 79.6. The average molecular weight is 1170 g/mol. The molecule has 19 aromatic rings. The first-order valence-corrected chi connectivity index (χ1v) is 30.6. The third kappa shape index (κ3) is 7.66. The molecule has 1 aliphatic rings. The van der Waals surface area contributed by atoms with Crippen LogP contribution in [0.5, 0.6) is 0 Å². The van der Waals surface area contributed by atoms with Crippen LogP contribution < -0.4 is 0 Å². The first kappa shape index (κ1) is 49.6. The fourth-order valence-electron chi connectivity index (χ4n) is 13.1. The van der Waals surface area contributed by atoms with Crippen LogP contribution in [0.1, 0.15) is 11.3 Å². The second kappa shape index (κ2) is 19.6. The molecule has 11 aromatic carbocycles. The lowest BCUT2D eigenvalue weighted by atomic mass is 9.97. The third-order valence-electron chi connectivity index (χ3n) is 16.8. The number of nitrogens with zero attached hydrogens (tertiary/aromatic N) is 5. The normalized spacial score (nSPS) is 12.2. The summed E-state index contributed by atoms with van der Waals surface area (Å²) in [4.78, 5) is 22.9. The van der Waals surface area contributed by atoms with Crippen molar-refractivity contribution >= 4 is 185 Å². The molecule has 0 spiro atoms. The molecule has 8 aromatic heterocycles. The molecule has 406 valence electrons. The number of allylic oxidation sites excluding steroid dienone is 2. The first-order valence-electron chi connectivity index (χ1n) is 28.6. The fourth-order valence-corrected chi connectivity index (χ4v) is 15.8. The highest BCUT2D eigenvalue weighted by molar-refractivity contribution is 7.27. The highest BCUT2D eigenvalue weighted by Gasteiger charge is 2.27. The summed E-state index contributed by atoms with van der Waals surface area (Å²) in [6.45, 7) is 0. The molecule has 0 radical (unpaired) electrons. The van der Waals surface area contributed by atoms with E-state index in [9.17, 15) is 0 Å². The van der Waals surface area contributed by atoms with Crippen molar-refractivity contribution in [1.29, 1.82) is 0 Å². The van der Waals surface area contributed by atoms with Gasteiger partial charge in [-0.2, -0.15) is 0 Å². The first-order chi connectivity index (χ1) is 43.1. The van der Waals surface area contributed by atoms with Crippen molar-refractivity contribution < 1.29 is 8.83 Å². The molecule has 0 fully saturated rings. The molecular formula is C76H42ClN6O2S2+. The van der Waals surface area contributed by atoms with Crippen LogP contribution in [-0.4, -0.2) is 29.5 Å². The standard InChI is InChI=1S/C38H21N3OS.C22H12NS.C16H9ClN2O/c1-2-12-22(13-3-1)33-36-34(26-17-7-10-20-29(26)42-36)40-38(39-33)41-28-19-9-6-16-25(28)31-23-14-4-5-15-24(23)32-27-18-8-11-21-30(27)43-37(32)35(31)41;1-2-8-14-13(7-1)19-15-9-3-5-11-17(15)23-21(19)22-20(14)16-10-4-6-12-18(16)24-22;17-16-18-13(10-6-2-1-3-7-10)15-14(19-16)11-8-4-5-9-12(11)20-15/h1-21H;1-4,6-12,23H;1-9H/q;+1;. The van der Waals surface area contributed by atoms with Gasteiger partial charge in [-0.05, 0) is 75.6 Å². The Morgan fingerprint density at radius 2 is 0.897 bits per heavy atom. The topological polar surface area (TPSA) is 98.6 Å². The number of thiophene rings is 2. The van der Waals surface area contributed by atoms with E-state index < -0.39 is 0 Å². The zero-order chi connectivity index (χ0) is 57.3. The van der Waals surface area contributed by atoms with E-state index in [1.807, 2.05) is 126 Å². The number of nitrogens with one attached hydrogen (secondary N) is 1. The van der Waals surface area contributed by atoms with Crippen LogP contribution in [0, 0.1) is 6.08 Å². The molecule has 8 heterocycles. The van der Waals surface area contributed by atoms with Gasteiger partial charge >= 0.3 is 0 Å². The van der Waals surface area contributed by atoms with Crippen molar-refractivity contribution in [1.82, 2.24) is 29.5 Å². The number of hydrogen-bond acceptors (Lipinski definition) is 8. The van der Waals surface area contributed by atoms with Crippen LogP contribution in [-0.2, 0) is 0 Å². The van der Waals surface area contributed by atoms with Gasteiger partial charge in [0, 0.05) is 75.1 Å². The summed E-state index contributed by atoms with van der Waals surface area (Å²) in [5.74, 6) is 0.637. The molecular weight excluding hydrogens is 1130 g/mol. The minimum absolute atomic E-state index is 0.225. The predicted octanol–water partition coefficient (Wildman–Crippen LogP) is 21.9. The predicted molar refractivity (Wildman–Crippen MR) is 365 cm³/mol. The van der Waals surface area contributed by atoms with Gasteiger partial charge in [-0.15, -0.1) is 22.7 Å². The number of furan rings is 2. The summed E-state index contributed by atoms with van der Waals surface area (Å²) in [5.41, 5.74) is 13.9. The van der Waals surface area contributed by atoms with Gasteiger partial charge in [0.15, 0.2) is 16.9 Å². The van der Waals surface area contributed by atoms with E-state index in [4.69, 9.17) is 30.4 Å². The summed E-state index contributed by atoms with van der Waals surface area (Å²) >= 11 is 9.79. The van der Waals surface area contributed by atoms with E-state index in [0.29, 0.717) is 17.1 Å². The number of rotatable bonds is 3. The van der Waals surface area contributed by atoms with Crippen molar-refractivity contribution in [3.63, 3.8) is 0 Å². The van der Waals surface area contributed by atoms with Crippen molar-refractivity contribution in [3.05, 3.63) is 259 Å². The Hall–Kier alpha value is -10.8. The molecule has 1 N–H and O–H groups in total. The van der Waals surface area contributed by atoms with Crippen molar-refractivity contribution in [2.45, 2.75) is 0 Å². The average Bonchev–Trinajstić information content (AvgIpc) is 1.67. The SMILES string of the molecule is Clc1nc(-c2ccccc2)c2oc3ccccc3c2n1.[C+]1=Cc2[nH]c3c4sc5ccccc5c4c4ccccc4c3c2C=C1.c1ccc(-c2nc(-n3c4ccccc4c4c5ccccc5c5c6ccccc6sc5c43)nc3c2oc2ccccc23)cc1. The van der Waals surface area contributed by atoms with E-state index in [0.717, 1.165) is 72.2 Å². The zero-order valence-electron chi connectivity index (χ0n) is 45.9. The number of H-pyrrole nitrogens is 1. The molecule has 0 saturated carbocycles. The summed E-state index contributed by atoms with van der Waals surface area (Å²) in [5, 5.41) is 16.3. The number of hydrogen-bond donors (Lipinski definition) is 1. The van der Waals surface area contributed by atoms with Gasteiger partial charge < -0.3 is 8.83 Å². The van der Waals surface area contributed by atoms with Gasteiger partial charge in [0.05, 0.1) is 32.0 Å². The van der Waals surface area contributed by atoms with E-state index in [1.165, 1.54) is 89.1 Å². The van der Waals surface area contributed by atoms with E-state index in [1.54, 1.807) is 0 Å². The largest absolute Gasteiger partial charge is 0.452 e. The highest BCUT2D eigenvalue weighted by Crippen LogP contribution is 2.49. The smallest absolute Gasteiger partial charge is 0.236 e. The molecule has 20 rings (SSSR count). The molecule has 0 saturated heterocycles. The van der Waals surface area contributed by atoms with Gasteiger partial charge in [-0.3, -0.25) is 9.55 Å². The fraction of sp³-hybridized carbons (Fsp3) is 0. The van der Waals surface area contributed by atoms with E-state index in [2.05, 4.69) is 171 Å². The van der Waals surface area contributed by atoms with Gasteiger partial charge in [0.2, 0.25) is 11.2 Å². The van der Waals surface area contributed by atoms with Crippen LogP contribution in [0.15, 0.2) is 245 Å². The van der Waals surface area contributed by atoms with E-state index in [-0.39, 0.29) is 5.28 Å². The Labute approximate surface area is 507 Å². The molecule has 0 unspecified atom stereocenters. The lowest BCUT2D eigenvalue weighted by molar-refractivity contribution is 0.666. The van der Waals surface area contributed by atoms with E-state index >= 15 is 0 Å². The Bertz CT molecular complexity index is 6110. The second-order valence-electron chi connectivity index (χ2n) is 21.6. The maximum Gasteiger partial charge on any atom is 0.236 e. The number of aromatic nitrogens is 6. The molecule has 0 amide bonds. The molecule has 11 heteroatoms. The number of halogens is 1. The highest BCUT2D eigenvalue weighted by atomic mass is 35.5. The Balaban J connectivity index is 0.000000109. The van der Waals surface area contributed by atoms with Gasteiger partial charge in [-0.1, -0.05) is 188 Å². The van der Waals surface area contributed by atoms with Crippen LogP contribution in [0.25, 0.3) is 179 Å². The number of benzene rings is 11. The number of para-hydroxylation sites is 3. The monoisotopic (exact) mass is 1170 g/mol. The van der Waals surface area contributed by atoms with Crippen molar-refractivity contribution in [3.8, 4) is 28.5 Å². The molecule has 0 aliphatic heterocycles. The van der Waals surface area contributed by atoms with Gasteiger partial charge in [-0.25, -0.2) is 19.9 Å². The quantitative estimate of drug-likeness (QED) is 0.140. The molecule has 8 nitrogen and oxygen atoms in total. The third-order valence-corrected chi connectivity index (χ3v) is 19.3. The minimum Gasteiger partial charge on any atom is -0.452 e. The van der Waals surface area contributed by atoms with Crippen molar-refractivity contribution in [2.24, 2.45) is 0 Å². The Kier molecular flexibility index (Phi) is 11.2. The summed E-state index contributed by atoms with van der Waals surface area (Å²) in [7, 11) is 0. The van der Waals surface area contributed by atoms with Crippen molar-refractivity contribution in [2.75, 3.05) is 0 Å². The van der Waals surface area contributed by atoms with Crippen LogP contribution in [0.3, 0.4) is 0 Å². The van der Waals surface area contributed by atoms with Crippen LogP contribution in [0.4, 0.5) is 0 Å². The van der Waals surface area contributed by atoms with Gasteiger partial charge in [0.25, 0.3) is 0 Å². The summed E-state index contributed by atoms with van der Waals surface area (Å²) in [6.07, 6.45) is 9.40. The Morgan fingerprint density at radius 1 is 0.425 bits per heavy atom. The van der Waals surface area contributed by atoms with Crippen LogP contribution >= 0.6 is 34.3 Å². The molecule has 0 bridgehead atoms. The van der Waals surface area contributed by atoms with Gasteiger partial charge in [0.1, 0.15) is 51.3 Å². The maximum absolute atomic E-state index is 6.42. The summed E-state index contributed by atoms with van der Waals surface area (Å²) < 4.78 is 19.8. The number of aromatic amines is 1. The minimum atomic E-state index is 0.225. The Morgan fingerprint density at radius 3 is 1.52 bits per heavy atom. The van der Waals surface area contributed by atoms with Crippen LogP contribution in [0.2, 0.25) is 5.28 Å². The second-order valence-corrected chi connectivity index (χ2v) is 24.1. The number of fused-ring (bicyclic) bond motifs is 26. The molecule has 87 heavy (non-hydrogen) atoms. The molecule has 0 atom stereocenters. The molecule has 1 aliphatic carbocycles. The lowest BCUT2D eigenvalue weighted by Crippen LogP contribution is -2.03. The lowest BCUT2D eigenvalue weighted by Gasteiger charge is -2.11. The maximum atomic E-state index is 6.42.